The van der Waals surface area contributed by atoms with Crippen LogP contribution in [0, 0.1) is 6.92 Å². The first-order valence-corrected chi connectivity index (χ1v) is 10.5. The van der Waals surface area contributed by atoms with Crippen molar-refractivity contribution in [2.24, 2.45) is 0 Å². The third-order valence-corrected chi connectivity index (χ3v) is 6.47. The van der Waals surface area contributed by atoms with Gasteiger partial charge in [0.15, 0.2) is 4.34 Å². The average molecular weight is 377 g/mol. The van der Waals surface area contributed by atoms with Crippen molar-refractivity contribution in [3.63, 3.8) is 0 Å². The summed E-state index contributed by atoms with van der Waals surface area (Å²) in [6, 6.07) is 8.55. The third-order valence-electron chi connectivity index (χ3n) is 4.51. The number of hydrogen-bond acceptors (Lipinski definition) is 6. The summed E-state index contributed by atoms with van der Waals surface area (Å²) >= 11 is 2.95. The molecule has 0 radical (unpaired) electrons. The van der Waals surface area contributed by atoms with Gasteiger partial charge in [0.25, 0.3) is 0 Å². The quantitative estimate of drug-likeness (QED) is 0.754. The fourth-order valence-corrected chi connectivity index (χ4v) is 4.76. The maximum absolute atomic E-state index is 12.4. The van der Waals surface area contributed by atoms with Crippen molar-refractivity contribution in [2.45, 2.75) is 49.4 Å². The van der Waals surface area contributed by atoms with E-state index in [-0.39, 0.29) is 5.91 Å². The standard InChI is InChI=1S/C18H24N4OS2/c1-13-7-6-8-14(11-13)19-17-20-21-18(25-17)24-12-16(23)22(2)15-9-4-3-5-10-15/h6-8,11,15H,3-5,9-10,12H2,1-2H3,(H,19,20). The minimum Gasteiger partial charge on any atom is -0.342 e. The van der Waals surface area contributed by atoms with Crippen LogP contribution in [0.3, 0.4) is 0 Å². The van der Waals surface area contributed by atoms with Crippen LogP contribution in [0.25, 0.3) is 0 Å². The van der Waals surface area contributed by atoms with E-state index in [0.29, 0.717) is 11.8 Å². The predicted octanol–water partition coefficient (Wildman–Crippen LogP) is 4.47. The molecule has 0 saturated heterocycles. The monoisotopic (exact) mass is 376 g/mol. The van der Waals surface area contributed by atoms with Gasteiger partial charge in [0, 0.05) is 18.8 Å². The highest BCUT2D eigenvalue weighted by atomic mass is 32.2. The van der Waals surface area contributed by atoms with E-state index in [1.807, 2.05) is 24.1 Å². The van der Waals surface area contributed by atoms with E-state index in [1.54, 1.807) is 0 Å². The number of nitrogens with one attached hydrogen (secondary N) is 1. The largest absolute Gasteiger partial charge is 0.342 e. The Morgan fingerprint density at radius 2 is 2.12 bits per heavy atom. The molecule has 5 nitrogen and oxygen atoms in total. The first-order chi connectivity index (χ1) is 12.1. The van der Waals surface area contributed by atoms with Crippen molar-refractivity contribution >= 4 is 39.8 Å². The lowest BCUT2D eigenvalue weighted by molar-refractivity contribution is -0.129. The summed E-state index contributed by atoms with van der Waals surface area (Å²) < 4.78 is 0.820. The summed E-state index contributed by atoms with van der Waals surface area (Å²) in [5.41, 5.74) is 2.20. The van der Waals surface area contributed by atoms with E-state index in [0.717, 1.165) is 28.0 Å². The minimum absolute atomic E-state index is 0.181. The summed E-state index contributed by atoms with van der Waals surface area (Å²) in [4.78, 5) is 14.3. The Morgan fingerprint density at radius 3 is 2.88 bits per heavy atom. The van der Waals surface area contributed by atoms with Crippen LogP contribution in [0.2, 0.25) is 0 Å². The summed E-state index contributed by atoms with van der Waals surface area (Å²) in [5, 5.41) is 12.4. The Morgan fingerprint density at radius 1 is 1.32 bits per heavy atom. The Balaban J connectivity index is 1.50. The average Bonchev–Trinajstić information content (AvgIpc) is 3.07. The molecule has 25 heavy (non-hydrogen) atoms. The first-order valence-electron chi connectivity index (χ1n) is 8.67. The highest BCUT2D eigenvalue weighted by Crippen LogP contribution is 2.29. The van der Waals surface area contributed by atoms with Crippen molar-refractivity contribution in [3.05, 3.63) is 29.8 Å². The van der Waals surface area contributed by atoms with Crippen LogP contribution in [-0.2, 0) is 4.79 Å². The Kier molecular flexibility index (Phi) is 6.31. The molecule has 1 saturated carbocycles. The molecule has 0 atom stereocenters. The maximum atomic E-state index is 12.4. The van der Waals surface area contributed by atoms with Gasteiger partial charge in [0.1, 0.15) is 0 Å². The number of carbonyl (C=O) groups is 1. The molecule has 1 amide bonds. The number of carbonyl (C=O) groups excluding carboxylic acids is 1. The number of amides is 1. The molecule has 1 fully saturated rings. The zero-order valence-electron chi connectivity index (χ0n) is 14.7. The van der Waals surface area contributed by atoms with E-state index in [1.165, 1.54) is 47.9 Å². The number of hydrogen-bond donors (Lipinski definition) is 1. The van der Waals surface area contributed by atoms with Crippen molar-refractivity contribution in [3.8, 4) is 0 Å². The van der Waals surface area contributed by atoms with Gasteiger partial charge in [-0.15, -0.1) is 10.2 Å². The van der Waals surface area contributed by atoms with E-state index in [9.17, 15) is 4.79 Å². The van der Waals surface area contributed by atoms with Gasteiger partial charge in [-0.25, -0.2) is 0 Å². The van der Waals surface area contributed by atoms with Gasteiger partial charge in [-0.3, -0.25) is 4.79 Å². The van der Waals surface area contributed by atoms with Crippen LogP contribution < -0.4 is 5.32 Å². The molecule has 1 aromatic carbocycles. The van der Waals surface area contributed by atoms with Crippen molar-refractivity contribution in [1.82, 2.24) is 15.1 Å². The van der Waals surface area contributed by atoms with E-state index in [2.05, 4.69) is 34.6 Å². The lowest BCUT2D eigenvalue weighted by Gasteiger charge is -2.31. The summed E-state index contributed by atoms with van der Waals surface area (Å²) in [6.07, 6.45) is 6.04. The molecule has 1 aromatic heterocycles. The van der Waals surface area contributed by atoms with Crippen LogP contribution in [-0.4, -0.2) is 39.8 Å². The van der Waals surface area contributed by atoms with Gasteiger partial charge >= 0.3 is 0 Å². The lowest BCUT2D eigenvalue weighted by Crippen LogP contribution is -2.39. The number of aryl methyl sites for hydroxylation is 1. The molecule has 1 aliphatic rings. The van der Waals surface area contributed by atoms with E-state index in [4.69, 9.17) is 0 Å². The maximum Gasteiger partial charge on any atom is 0.233 e. The molecule has 1 N–H and O–H groups in total. The van der Waals surface area contributed by atoms with Crippen LogP contribution in [0.4, 0.5) is 10.8 Å². The van der Waals surface area contributed by atoms with E-state index < -0.39 is 0 Å². The van der Waals surface area contributed by atoms with Gasteiger partial charge in [-0.05, 0) is 37.5 Å². The normalized spacial score (nSPS) is 15.1. The molecule has 0 bridgehead atoms. The highest BCUT2D eigenvalue weighted by molar-refractivity contribution is 8.01. The van der Waals surface area contributed by atoms with Crippen LogP contribution in [0.1, 0.15) is 37.7 Å². The second-order valence-corrected chi connectivity index (χ2v) is 8.65. The first kappa shape index (κ1) is 18.2. The second kappa shape index (κ2) is 8.67. The fraction of sp³-hybridized carbons (Fsp3) is 0.500. The Labute approximate surface area is 157 Å². The Hall–Kier alpha value is -1.60. The van der Waals surface area contributed by atoms with Gasteiger partial charge in [0.2, 0.25) is 11.0 Å². The molecule has 7 heteroatoms. The fourth-order valence-electron chi connectivity index (χ4n) is 3.06. The zero-order valence-corrected chi connectivity index (χ0v) is 16.3. The molecular weight excluding hydrogens is 352 g/mol. The number of thioether (sulfide) groups is 1. The molecule has 134 valence electrons. The van der Waals surface area contributed by atoms with Crippen LogP contribution >= 0.6 is 23.1 Å². The molecule has 2 aromatic rings. The van der Waals surface area contributed by atoms with Gasteiger partial charge in [-0.1, -0.05) is 54.5 Å². The molecule has 0 unspecified atom stereocenters. The second-order valence-electron chi connectivity index (χ2n) is 6.45. The van der Waals surface area contributed by atoms with Crippen molar-refractivity contribution < 1.29 is 4.79 Å². The topological polar surface area (TPSA) is 58.1 Å². The van der Waals surface area contributed by atoms with Crippen molar-refractivity contribution in [1.29, 1.82) is 0 Å². The SMILES string of the molecule is Cc1cccc(Nc2nnc(SCC(=O)N(C)C3CCCCC3)s2)c1. The molecule has 0 spiro atoms. The number of rotatable bonds is 6. The molecule has 1 heterocycles. The smallest absolute Gasteiger partial charge is 0.233 e. The van der Waals surface area contributed by atoms with E-state index >= 15 is 0 Å². The summed E-state index contributed by atoms with van der Waals surface area (Å²) in [7, 11) is 1.93. The van der Waals surface area contributed by atoms with Gasteiger partial charge in [0.05, 0.1) is 5.75 Å². The Bertz CT molecular complexity index is 713. The molecule has 1 aliphatic carbocycles. The minimum atomic E-state index is 0.181. The third kappa shape index (κ3) is 5.19. The number of anilines is 2. The van der Waals surface area contributed by atoms with Crippen LogP contribution in [0.15, 0.2) is 28.6 Å². The number of aromatic nitrogens is 2. The lowest BCUT2D eigenvalue weighted by atomic mass is 9.94. The van der Waals surface area contributed by atoms with Crippen LogP contribution in [0.5, 0.6) is 0 Å². The predicted molar refractivity (Wildman–Crippen MR) is 105 cm³/mol. The van der Waals surface area contributed by atoms with Gasteiger partial charge in [-0.2, -0.15) is 0 Å². The van der Waals surface area contributed by atoms with Gasteiger partial charge < -0.3 is 10.2 Å². The molecule has 0 aliphatic heterocycles. The number of nitrogens with zero attached hydrogens (tertiary/aromatic N) is 3. The zero-order chi connectivity index (χ0) is 17.6. The highest BCUT2D eigenvalue weighted by Gasteiger charge is 2.22. The molecule has 3 rings (SSSR count). The summed E-state index contributed by atoms with van der Waals surface area (Å²) in [6.45, 7) is 2.06. The summed E-state index contributed by atoms with van der Waals surface area (Å²) in [5.74, 6) is 0.604. The number of benzene rings is 1. The molecular formula is C18H24N4OS2. The van der Waals surface area contributed by atoms with Crippen molar-refractivity contribution in [2.75, 3.05) is 18.1 Å².